The summed E-state index contributed by atoms with van der Waals surface area (Å²) in [7, 11) is -9.89. The summed E-state index contributed by atoms with van der Waals surface area (Å²) < 4.78 is 68.2. The summed E-state index contributed by atoms with van der Waals surface area (Å²) in [5.41, 5.74) is 0. The van der Waals surface area contributed by atoms with E-state index in [1.807, 2.05) is 0 Å². The van der Waals surface area contributed by atoms with Crippen LogP contribution in [0.1, 0.15) is 374 Å². The van der Waals surface area contributed by atoms with Crippen molar-refractivity contribution < 1.29 is 80.2 Å². The minimum Gasteiger partial charge on any atom is -0.462 e. The Kier molecular flexibility index (Phi) is 64.3. The summed E-state index contributed by atoms with van der Waals surface area (Å²) in [6.07, 6.45) is 54.2. The third kappa shape index (κ3) is 64.8. The highest BCUT2D eigenvalue weighted by molar-refractivity contribution is 7.47. The standard InChI is InChI=1S/C71H138O17P2/c1-5-9-13-17-21-24-27-29-31-32-33-35-37-39-42-46-50-54-58-71(76)88-67(62-82-69(74)56-52-48-44-41-38-36-34-30-28-25-22-18-14-10-6-2)64-86-90(79,80)84-60-65(72)59-83-89(77,78)85-63-66(61-81-68(73)55-51-47-43-20-16-12-8-4)87-70(75)57-53-49-45-40-26-23-19-15-11-7-3/h65-67,72H,5-64H2,1-4H3,(H,77,78)(H,79,80)/t65-,66+,67+/m0/s1. The van der Waals surface area contributed by atoms with Crippen LogP contribution in [0.2, 0.25) is 0 Å². The Morgan fingerprint density at radius 3 is 0.656 bits per heavy atom. The summed E-state index contributed by atoms with van der Waals surface area (Å²) in [5, 5.41) is 10.6. The minimum absolute atomic E-state index is 0.107. The van der Waals surface area contributed by atoms with Crippen molar-refractivity contribution >= 4 is 39.5 Å². The van der Waals surface area contributed by atoms with Gasteiger partial charge in [0.25, 0.3) is 0 Å². The number of hydrogen-bond acceptors (Lipinski definition) is 15. The molecule has 0 saturated heterocycles. The fourth-order valence-corrected chi connectivity index (χ4v) is 12.4. The van der Waals surface area contributed by atoms with Gasteiger partial charge in [-0.05, 0) is 25.7 Å². The average molecular weight is 1330 g/mol. The molecule has 0 aromatic rings. The molecule has 0 spiro atoms. The van der Waals surface area contributed by atoms with Gasteiger partial charge in [-0.2, -0.15) is 0 Å². The molecule has 0 saturated carbocycles. The molecule has 0 radical (unpaired) electrons. The lowest BCUT2D eigenvalue weighted by Gasteiger charge is -2.21. The maximum atomic E-state index is 13.0. The van der Waals surface area contributed by atoms with Crippen molar-refractivity contribution in [2.45, 2.75) is 393 Å². The highest BCUT2D eigenvalue weighted by Crippen LogP contribution is 2.45. The smallest absolute Gasteiger partial charge is 0.462 e. The van der Waals surface area contributed by atoms with Gasteiger partial charge in [0.2, 0.25) is 0 Å². The van der Waals surface area contributed by atoms with E-state index < -0.39 is 97.5 Å². The molecule has 0 heterocycles. The maximum absolute atomic E-state index is 13.0. The maximum Gasteiger partial charge on any atom is 0.472 e. The number of phosphoric acid groups is 2. The van der Waals surface area contributed by atoms with Crippen LogP contribution in [0.3, 0.4) is 0 Å². The molecule has 0 bridgehead atoms. The average Bonchev–Trinajstić information content (AvgIpc) is 3.73. The van der Waals surface area contributed by atoms with E-state index in [2.05, 4.69) is 27.7 Å². The number of carbonyl (C=O) groups excluding carboxylic acids is 4. The van der Waals surface area contributed by atoms with Crippen LogP contribution in [0, 0.1) is 0 Å². The van der Waals surface area contributed by atoms with Gasteiger partial charge in [-0.1, -0.05) is 323 Å². The first-order valence-electron chi connectivity index (χ1n) is 37.3. The molecule has 90 heavy (non-hydrogen) atoms. The molecule has 5 atom stereocenters. The first kappa shape index (κ1) is 88.1. The number of ether oxygens (including phenoxy) is 4. The van der Waals surface area contributed by atoms with Crippen molar-refractivity contribution in [3.05, 3.63) is 0 Å². The third-order valence-electron chi connectivity index (χ3n) is 16.6. The van der Waals surface area contributed by atoms with E-state index in [4.69, 9.17) is 37.0 Å². The Hall–Kier alpha value is -1.94. The summed E-state index contributed by atoms with van der Waals surface area (Å²) in [6, 6.07) is 0. The van der Waals surface area contributed by atoms with E-state index in [1.165, 1.54) is 193 Å². The van der Waals surface area contributed by atoms with E-state index in [0.29, 0.717) is 25.7 Å². The molecular formula is C71H138O17P2. The molecule has 0 aliphatic carbocycles. The number of unbranched alkanes of at least 4 members (excludes halogenated alkanes) is 46. The summed E-state index contributed by atoms with van der Waals surface area (Å²) in [5.74, 6) is -2.12. The number of esters is 4. The predicted octanol–water partition coefficient (Wildman–Crippen LogP) is 20.7. The second-order valence-corrected chi connectivity index (χ2v) is 28.5. The predicted molar refractivity (Wildman–Crippen MR) is 363 cm³/mol. The van der Waals surface area contributed by atoms with E-state index in [1.54, 1.807) is 0 Å². The van der Waals surface area contributed by atoms with Gasteiger partial charge in [0.15, 0.2) is 12.2 Å². The number of hydrogen-bond donors (Lipinski definition) is 3. The number of aliphatic hydroxyl groups is 1. The Morgan fingerprint density at radius 2 is 0.444 bits per heavy atom. The van der Waals surface area contributed by atoms with Crippen LogP contribution in [0.25, 0.3) is 0 Å². The zero-order valence-electron chi connectivity index (χ0n) is 58.1. The van der Waals surface area contributed by atoms with E-state index >= 15 is 0 Å². The normalized spacial score (nSPS) is 14.0. The van der Waals surface area contributed by atoms with E-state index in [9.17, 15) is 43.2 Å². The quantitative estimate of drug-likeness (QED) is 0.0222. The van der Waals surface area contributed by atoms with Gasteiger partial charge < -0.3 is 33.8 Å². The van der Waals surface area contributed by atoms with Crippen LogP contribution >= 0.6 is 15.6 Å². The lowest BCUT2D eigenvalue weighted by Crippen LogP contribution is -2.30. The fraction of sp³-hybridized carbons (Fsp3) is 0.944. The van der Waals surface area contributed by atoms with Gasteiger partial charge in [-0.15, -0.1) is 0 Å². The van der Waals surface area contributed by atoms with Crippen LogP contribution in [-0.2, 0) is 65.4 Å². The van der Waals surface area contributed by atoms with Gasteiger partial charge in [-0.3, -0.25) is 37.3 Å². The van der Waals surface area contributed by atoms with Crippen molar-refractivity contribution in [1.82, 2.24) is 0 Å². The van der Waals surface area contributed by atoms with Crippen molar-refractivity contribution in [1.29, 1.82) is 0 Å². The molecule has 17 nitrogen and oxygen atoms in total. The molecule has 3 N–H and O–H groups in total. The number of carbonyl (C=O) groups is 4. The SMILES string of the molecule is CCCCCCCCCCCCCCCCCCCCC(=O)O[C@H](COC(=O)CCCCCCCCCCCCCCCCC)COP(=O)(O)OC[C@@H](O)COP(=O)(O)OC[C@@H](COC(=O)CCCCCCCCC)OC(=O)CCCCCCCCCCCC. The first-order chi connectivity index (χ1) is 43.7. The Labute approximate surface area is 549 Å². The van der Waals surface area contributed by atoms with Gasteiger partial charge in [-0.25, -0.2) is 9.13 Å². The molecule has 534 valence electrons. The van der Waals surface area contributed by atoms with E-state index in [-0.39, 0.29) is 25.7 Å². The second kappa shape index (κ2) is 65.7. The van der Waals surface area contributed by atoms with Crippen LogP contribution in [0.4, 0.5) is 0 Å². The van der Waals surface area contributed by atoms with Gasteiger partial charge in [0, 0.05) is 25.7 Å². The number of phosphoric ester groups is 2. The molecule has 2 unspecified atom stereocenters. The summed E-state index contributed by atoms with van der Waals surface area (Å²) in [4.78, 5) is 72.4. The highest BCUT2D eigenvalue weighted by atomic mass is 31.2. The lowest BCUT2D eigenvalue weighted by atomic mass is 10.0. The Bertz CT molecular complexity index is 1720. The van der Waals surface area contributed by atoms with Gasteiger partial charge >= 0.3 is 39.5 Å². The van der Waals surface area contributed by atoms with Crippen LogP contribution in [-0.4, -0.2) is 96.7 Å². The molecule has 0 rings (SSSR count). The van der Waals surface area contributed by atoms with Crippen LogP contribution in [0.5, 0.6) is 0 Å². The van der Waals surface area contributed by atoms with Crippen molar-refractivity contribution in [3.63, 3.8) is 0 Å². The minimum atomic E-state index is -4.95. The highest BCUT2D eigenvalue weighted by Gasteiger charge is 2.30. The molecule has 0 aliphatic heterocycles. The lowest BCUT2D eigenvalue weighted by molar-refractivity contribution is -0.161. The van der Waals surface area contributed by atoms with Crippen molar-refractivity contribution in [2.75, 3.05) is 39.6 Å². The van der Waals surface area contributed by atoms with Gasteiger partial charge in [0.05, 0.1) is 26.4 Å². The molecule has 0 aromatic carbocycles. The van der Waals surface area contributed by atoms with E-state index in [0.717, 1.165) is 103 Å². The molecule has 0 fully saturated rings. The molecule has 0 amide bonds. The Balaban J connectivity index is 5.18. The van der Waals surface area contributed by atoms with Gasteiger partial charge in [0.1, 0.15) is 19.3 Å². The molecule has 19 heteroatoms. The zero-order valence-corrected chi connectivity index (χ0v) is 59.9. The molecule has 0 aliphatic rings. The largest absolute Gasteiger partial charge is 0.472 e. The number of rotatable bonds is 72. The van der Waals surface area contributed by atoms with Crippen LogP contribution in [0.15, 0.2) is 0 Å². The summed E-state index contributed by atoms with van der Waals surface area (Å²) >= 11 is 0. The molecular weight excluding hydrogens is 1190 g/mol. The fourth-order valence-electron chi connectivity index (χ4n) is 10.9. The number of aliphatic hydroxyl groups excluding tert-OH is 1. The molecule has 0 aromatic heterocycles. The zero-order chi connectivity index (χ0) is 66.1. The Morgan fingerprint density at radius 1 is 0.267 bits per heavy atom. The summed E-state index contributed by atoms with van der Waals surface area (Å²) in [6.45, 7) is 4.91. The third-order valence-corrected chi connectivity index (χ3v) is 18.5. The monoisotopic (exact) mass is 1320 g/mol. The first-order valence-corrected chi connectivity index (χ1v) is 40.3. The van der Waals surface area contributed by atoms with Crippen molar-refractivity contribution in [2.24, 2.45) is 0 Å². The topological polar surface area (TPSA) is 237 Å². The van der Waals surface area contributed by atoms with Crippen LogP contribution < -0.4 is 0 Å². The van der Waals surface area contributed by atoms with Crippen molar-refractivity contribution in [3.8, 4) is 0 Å². The second-order valence-electron chi connectivity index (χ2n) is 25.6.